The van der Waals surface area contributed by atoms with Gasteiger partial charge in [0.25, 0.3) is 5.91 Å². The Hall–Kier alpha value is -1.58. The third-order valence-electron chi connectivity index (χ3n) is 3.94. The molecule has 4 heteroatoms. The number of nitrogens with two attached hydrogens (primary N) is 1. The molecule has 0 radical (unpaired) electrons. The van der Waals surface area contributed by atoms with Crippen molar-refractivity contribution in [1.82, 2.24) is 9.88 Å². The molecule has 1 amide bonds. The molecule has 0 bridgehead atoms. The van der Waals surface area contributed by atoms with Crippen LogP contribution in [0.4, 0.5) is 5.82 Å². The number of carbonyl (C=O) groups excluding carboxylic acids is 1. The van der Waals surface area contributed by atoms with Gasteiger partial charge < -0.3 is 10.6 Å². The van der Waals surface area contributed by atoms with Crippen molar-refractivity contribution in [1.29, 1.82) is 0 Å². The quantitative estimate of drug-likeness (QED) is 0.922. The highest BCUT2D eigenvalue weighted by Gasteiger charge is 2.27. The molecule has 0 aliphatic rings. The van der Waals surface area contributed by atoms with Crippen LogP contribution in [0.2, 0.25) is 0 Å². The maximum absolute atomic E-state index is 12.6. The minimum absolute atomic E-state index is 0.0172. The minimum Gasteiger partial charge on any atom is -0.384 e. The van der Waals surface area contributed by atoms with Gasteiger partial charge in [-0.05, 0) is 32.4 Å². The van der Waals surface area contributed by atoms with Crippen LogP contribution in [0.1, 0.15) is 64.0 Å². The SMILES string of the molecule is CCC(C)(C)N(C)C(=O)c1cc(N)nc(C(C)(C)C)c1. The number of amides is 1. The van der Waals surface area contributed by atoms with Crippen molar-refractivity contribution < 1.29 is 4.79 Å². The van der Waals surface area contributed by atoms with Gasteiger partial charge in [-0.2, -0.15) is 0 Å². The van der Waals surface area contributed by atoms with E-state index in [9.17, 15) is 4.79 Å². The first-order valence-corrected chi connectivity index (χ1v) is 7.05. The summed E-state index contributed by atoms with van der Waals surface area (Å²) in [6.07, 6.45) is 0.891. The highest BCUT2D eigenvalue weighted by atomic mass is 16.2. The van der Waals surface area contributed by atoms with E-state index in [0.717, 1.165) is 12.1 Å². The standard InChI is InChI=1S/C16H27N3O/c1-8-16(5,6)19(7)14(20)11-9-12(15(2,3)4)18-13(17)10-11/h9-10H,8H2,1-7H3,(H2,17,18). The van der Waals surface area contributed by atoms with Gasteiger partial charge >= 0.3 is 0 Å². The van der Waals surface area contributed by atoms with E-state index >= 15 is 0 Å². The van der Waals surface area contributed by atoms with Crippen LogP contribution in [-0.2, 0) is 5.41 Å². The molecule has 1 aromatic heterocycles. The molecule has 0 unspecified atom stereocenters. The second-order valence-electron chi connectivity index (χ2n) is 6.95. The number of pyridine rings is 1. The van der Waals surface area contributed by atoms with Crippen LogP contribution in [0.25, 0.3) is 0 Å². The fourth-order valence-corrected chi connectivity index (χ4v) is 1.77. The van der Waals surface area contributed by atoms with E-state index in [-0.39, 0.29) is 16.9 Å². The Kier molecular flexibility index (Phi) is 4.47. The molecular formula is C16H27N3O. The van der Waals surface area contributed by atoms with E-state index in [1.165, 1.54) is 0 Å². The maximum atomic E-state index is 12.6. The van der Waals surface area contributed by atoms with Gasteiger partial charge in [-0.15, -0.1) is 0 Å². The lowest BCUT2D eigenvalue weighted by Gasteiger charge is -2.35. The second kappa shape index (κ2) is 5.43. The second-order valence-corrected chi connectivity index (χ2v) is 6.95. The Morgan fingerprint density at radius 2 is 1.80 bits per heavy atom. The fourth-order valence-electron chi connectivity index (χ4n) is 1.77. The van der Waals surface area contributed by atoms with Crippen LogP contribution in [0.3, 0.4) is 0 Å². The third-order valence-corrected chi connectivity index (χ3v) is 3.94. The zero-order chi connectivity index (χ0) is 15.7. The van der Waals surface area contributed by atoms with E-state index in [0.29, 0.717) is 11.4 Å². The number of nitrogens with zero attached hydrogens (tertiary/aromatic N) is 2. The first-order valence-electron chi connectivity index (χ1n) is 7.05. The Morgan fingerprint density at radius 3 is 2.25 bits per heavy atom. The molecule has 0 aliphatic heterocycles. The number of carbonyl (C=O) groups is 1. The molecule has 0 saturated carbocycles. The number of aromatic nitrogens is 1. The van der Waals surface area contributed by atoms with Crippen LogP contribution >= 0.6 is 0 Å². The molecule has 1 aromatic rings. The van der Waals surface area contributed by atoms with Gasteiger partial charge in [0.05, 0.1) is 0 Å². The number of hydrogen-bond acceptors (Lipinski definition) is 3. The fraction of sp³-hybridized carbons (Fsp3) is 0.625. The smallest absolute Gasteiger partial charge is 0.254 e. The Morgan fingerprint density at radius 1 is 1.25 bits per heavy atom. The van der Waals surface area contributed by atoms with Gasteiger partial charge in [-0.1, -0.05) is 27.7 Å². The summed E-state index contributed by atoms with van der Waals surface area (Å²) in [6.45, 7) is 12.4. The van der Waals surface area contributed by atoms with Gasteiger partial charge in [-0.3, -0.25) is 4.79 Å². The van der Waals surface area contributed by atoms with Crippen LogP contribution in [-0.4, -0.2) is 28.4 Å². The molecule has 2 N–H and O–H groups in total. The third kappa shape index (κ3) is 3.50. The summed E-state index contributed by atoms with van der Waals surface area (Å²) >= 11 is 0. The average Bonchev–Trinajstić information content (AvgIpc) is 2.35. The first-order chi connectivity index (χ1) is 8.99. The summed E-state index contributed by atoms with van der Waals surface area (Å²) in [6, 6.07) is 3.50. The molecule has 112 valence electrons. The van der Waals surface area contributed by atoms with Crippen molar-refractivity contribution in [2.24, 2.45) is 0 Å². The monoisotopic (exact) mass is 277 g/mol. The van der Waals surface area contributed by atoms with Crippen molar-refractivity contribution in [3.63, 3.8) is 0 Å². The predicted molar refractivity (Wildman–Crippen MR) is 83.8 cm³/mol. The Labute approximate surface area is 122 Å². The molecule has 0 spiro atoms. The summed E-state index contributed by atoms with van der Waals surface area (Å²) in [5, 5.41) is 0. The van der Waals surface area contributed by atoms with Crippen molar-refractivity contribution >= 4 is 11.7 Å². The minimum atomic E-state index is -0.184. The van der Waals surface area contributed by atoms with Gasteiger partial charge in [0.1, 0.15) is 5.82 Å². The maximum Gasteiger partial charge on any atom is 0.254 e. The number of nitrogen functional groups attached to an aromatic ring is 1. The number of anilines is 1. The molecule has 0 fully saturated rings. The molecule has 0 saturated heterocycles. The predicted octanol–water partition coefficient (Wildman–Crippen LogP) is 3.22. The van der Waals surface area contributed by atoms with Gasteiger partial charge in [-0.25, -0.2) is 4.98 Å². The molecule has 0 atom stereocenters. The molecule has 0 aromatic carbocycles. The summed E-state index contributed by atoms with van der Waals surface area (Å²) < 4.78 is 0. The van der Waals surface area contributed by atoms with Gasteiger partial charge in [0, 0.05) is 29.3 Å². The van der Waals surface area contributed by atoms with Gasteiger partial charge in [0.2, 0.25) is 0 Å². The Balaban J connectivity index is 3.21. The normalized spacial score (nSPS) is 12.3. The highest BCUT2D eigenvalue weighted by Crippen LogP contribution is 2.25. The lowest BCUT2D eigenvalue weighted by atomic mass is 9.90. The molecule has 20 heavy (non-hydrogen) atoms. The van der Waals surface area contributed by atoms with E-state index in [1.807, 2.05) is 13.1 Å². The highest BCUT2D eigenvalue weighted by molar-refractivity contribution is 5.95. The molecule has 0 aliphatic carbocycles. The lowest BCUT2D eigenvalue weighted by molar-refractivity contribution is 0.0620. The largest absolute Gasteiger partial charge is 0.384 e. The summed E-state index contributed by atoms with van der Waals surface area (Å²) in [5.74, 6) is 0.375. The van der Waals surface area contributed by atoms with E-state index in [4.69, 9.17) is 5.73 Å². The molecule has 1 rings (SSSR count). The van der Waals surface area contributed by atoms with Crippen LogP contribution < -0.4 is 5.73 Å². The first kappa shape index (κ1) is 16.5. The number of hydrogen-bond donors (Lipinski definition) is 1. The molecule has 1 heterocycles. The zero-order valence-corrected chi connectivity index (χ0v) is 13.7. The van der Waals surface area contributed by atoms with Crippen molar-refractivity contribution in [3.05, 3.63) is 23.4 Å². The average molecular weight is 277 g/mol. The number of rotatable bonds is 3. The zero-order valence-electron chi connectivity index (χ0n) is 13.7. The van der Waals surface area contributed by atoms with Crippen LogP contribution in [0.15, 0.2) is 12.1 Å². The van der Waals surface area contributed by atoms with Crippen molar-refractivity contribution in [2.75, 3.05) is 12.8 Å². The van der Waals surface area contributed by atoms with Crippen molar-refractivity contribution in [2.45, 2.75) is 58.9 Å². The molecule has 4 nitrogen and oxygen atoms in total. The summed E-state index contributed by atoms with van der Waals surface area (Å²) in [5.41, 5.74) is 6.97. The summed E-state index contributed by atoms with van der Waals surface area (Å²) in [7, 11) is 1.83. The molecular weight excluding hydrogens is 250 g/mol. The topological polar surface area (TPSA) is 59.2 Å². The van der Waals surface area contributed by atoms with Crippen molar-refractivity contribution in [3.8, 4) is 0 Å². The Bertz CT molecular complexity index is 501. The lowest BCUT2D eigenvalue weighted by Crippen LogP contribution is -2.44. The van der Waals surface area contributed by atoms with Crippen LogP contribution in [0, 0.1) is 0 Å². The van der Waals surface area contributed by atoms with Gasteiger partial charge in [0.15, 0.2) is 0 Å². The van der Waals surface area contributed by atoms with E-state index in [1.54, 1.807) is 11.0 Å². The summed E-state index contributed by atoms with van der Waals surface area (Å²) in [4.78, 5) is 18.7. The van der Waals surface area contributed by atoms with Crippen LogP contribution in [0.5, 0.6) is 0 Å². The van der Waals surface area contributed by atoms with E-state index in [2.05, 4.69) is 46.5 Å². The van der Waals surface area contributed by atoms with E-state index < -0.39 is 0 Å².